The molecule has 7 heteroatoms. The third kappa shape index (κ3) is 4.55. The topological polar surface area (TPSA) is 48.5 Å². The number of hydrogen-bond acceptors (Lipinski definition) is 4. The molecule has 3 aromatic rings. The van der Waals surface area contributed by atoms with Gasteiger partial charge < -0.3 is 10.2 Å². The summed E-state index contributed by atoms with van der Waals surface area (Å²) < 4.78 is 13.0. The molecule has 0 saturated carbocycles. The van der Waals surface area contributed by atoms with Gasteiger partial charge in [0.05, 0.1) is 5.69 Å². The first-order valence-corrected chi connectivity index (χ1v) is 10.1. The third-order valence-electron chi connectivity index (χ3n) is 4.71. The summed E-state index contributed by atoms with van der Waals surface area (Å²) >= 11 is 1.66. The van der Waals surface area contributed by atoms with E-state index >= 15 is 0 Å². The zero-order valence-electron chi connectivity index (χ0n) is 15.3. The van der Waals surface area contributed by atoms with Gasteiger partial charge in [-0.3, -0.25) is 4.90 Å². The van der Waals surface area contributed by atoms with Crippen LogP contribution >= 0.6 is 11.3 Å². The molecule has 1 saturated heterocycles. The van der Waals surface area contributed by atoms with Gasteiger partial charge in [0.15, 0.2) is 0 Å². The maximum Gasteiger partial charge on any atom is 0.321 e. The lowest BCUT2D eigenvalue weighted by molar-refractivity contribution is 0.142. The minimum atomic E-state index is -0.316. The molecule has 0 bridgehead atoms. The van der Waals surface area contributed by atoms with E-state index in [1.165, 1.54) is 12.1 Å². The van der Waals surface area contributed by atoms with Crippen molar-refractivity contribution in [3.63, 3.8) is 0 Å². The molecule has 0 radical (unpaired) electrons. The molecule has 1 aliphatic heterocycles. The molecule has 28 heavy (non-hydrogen) atoms. The molecule has 1 aliphatic rings. The van der Waals surface area contributed by atoms with Crippen molar-refractivity contribution in [2.75, 3.05) is 31.5 Å². The van der Waals surface area contributed by atoms with Crippen LogP contribution in [-0.2, 0) is 6.54 Å². The van der Waals surface area contributed by atoms with Crippen molar-refractivity contribution < 1.29 is 9.18 Å². The second-order valence-electron chi connectivity index (χ2n) is 6.71. The molecule has 0 atom stereocenters. The summed E-state index contributed by atoms with van der Waals surface area (Å²) in [6.07, 6.45) is 0. The number of hydrogen-bond donors (Lipinski definition) is 1. The zero-order valence-corrected chi connectivity index (χ0v) is 16.2. The molecule has 1 fully saturated rings. The molecule has 0 spiro atoms. The van der Waals surface area contributed by atoms with Gasteiger partial charge in [0.2, 0.25) is 0 Å². The Kier molecular flexibility index (Phi) is 5.64. The number of amides is 2. The van der Waals surface area contributed by atoms with Gasteiger partial charge in [0.1, 0.15) is 10.8 Å². The van der Waals surface area contributed by atoms with E-state index in [9.17, 15) is 9.18 Å². The van der Waals surface area contributed by atoms with Crippen molar-refractivity contribution in [1.29, 1.82) is 0 Å². The first-order chi connectivity index (χ1) is 13.7. The van der Waals surface area contributed by atoms with Crippen molar-refractivity contribution in [3.05, 3.63) is 71.5 Å². The molecular weight excluding hydrogens is 375 g/mol. The summed E-state index contributed by atoms with van der Waals surface area (Å²) in [6.45, 7) is 3.70. The zero-order chi connectivity index (χ0) is 19.3. The molecule has 4 rings (SSSR count). The number of carbonyl (C=O) groups excluding carboxylic acids is 1. The Morgan fingerprint density at radius 2 is 1.75 bits per heavy atom. The van der Waals surface area contributed by atoms with Crippen molar-refractivity contribution >= 4 is 23.1 Å². The second kappa shape index (κ2) is 8.50. The molecule has 0 aliphatic carbocycles. The van der Waals surface area contributed by atoms with E-state index in [0.717, 1.165) is 35.9 Å². The Hall–Kier alpha value is -2.77. The summed E-state index contributed by atoms with van der Waals surface area (Å²) in [7, 11) is 0. The van der Waals surface area contributed by atoms with E-state index in [2.05, 4.69) is 27.7 Å². The Labute approximate surface area is 167 Å². The maximum atomic E-state index is 13.0. The highest BCUT2D eigenvalue weighted by Gasteiger charge is 2.21. The number of nitrogens with zero attached hydrogens (tertiary/aromatic N) is 3. The van der Waals surface area contributed by atoms with Crippen molar-refractivity contribution in [2.45, 2.75) is 6.54 Å². The SMILES string of the molecule is O=C(Nc1ccc(F)cc1)N1CCN(Cc2csc(-c3ccccc3)n2)CC1. The lowest BCUT2D eigenvalue weighted by Crippen LogP contribution is -2.49. The van der Waals surface area contributed by atoms with Crippen LogP contribution in [0.1, 0.15) is 5.69 Å². The average Bonchev–Trinajstić information content (AvgIpc) is 3.19. The summed E-state index contributed by atoms with van der Waals surface area (Å²) in [5, 5.41) is 5.96. The average molecular weight is 396 g/mol. The predicted molar refractivity (Wildman–Crippen MR) is 110 cm³/mol. The van der Waals surface area contributed by atoms with Gasteiger partial charge in [0.25, 0.3) is 0 Å². The number of nitrogens with one attached hydrogen (secondary N) is 1. The molecular formula is C21H21FN4OS. The first-order valence-electron chi connectivity index (χ1n) is 9.21. The monoisotopic (exact) mass is 396 g/mol. The van der Waals surface area contributed by atoms with Crippen LogP contribution in [0.4, 0.5) is 14.9 Å². The number of benzene rings is 2. The number of halogens is 1. The number of rotatable bonds is 4. The number of carbonyl (C=O) groups is 1. The van der Waals surface area contributed by atoms with Crippen LogP contribution in [0.2, 0.25) is 0 Å². The van der Waals surface area contributed by atoms with Gasteiger partial charge in [-0.15, -0.1) is 11.3 Å². The quantitative estimate of drug-likeness (QED) is 0.715. The molecule has 2 heterocycles. The fourth-order valence-electron chi connectivity index (χ4n) is 3.17. The number of urea groups is 1. The van der Waals surface area contributed by atoms with Gasteiger partial charge in [0, 0.05) is 49.4 Å². The molecule has 144 valence electrons. The standard InChI is InChI=1S/C21H21FN4OS/c22-17-6-8-18(9-7-17)24-21(27)26-12-10-25(11-13-26)14-19-15-28-20(23-19)16-4-2-1-3-5-16/h1-9,15H,10-14H2,(H,24,27). The fraction of sp³-hybridized carbons (Fsp3) is 0.238. The summed E-state index contributed by atoms with van der Waals surface area (Å²) in [6, 6.07) is 15.8. The fourth-order valence-corrected chi connectivity index (χ4v) is 3.98. The highest BCUT2D eigenvalue weighted by Crippen LogP contribution is 2.24. The van der Waals surface area contributed by atoms with Crippen LogP contribution in [0.5, 0.6) is 0 Å². The van der Waals surface area contributed by atoms with Crippen LogP contribution in [-0.4, -0.2) is 47.0 Å². The highest BCUT2D eigenvalue weighted by atomic mass is 32.1. The van der Waals surface area contributed by atoms with Gasteiger partial charge in [-0.1, -0.05) is 30.3 Å². The third-order valence-corrected chi connectivity index (χ3v) is 5.65. The van der Waals surface area contributed by atoms with Crippen molar-refractivity contribution in [2.24, 2.45) is 0 Å². The highest BCUT2D eigenvalue weighted by molar-refractivity contribution is 7.13. The Balaban J connectivity index is 1.28. The van der Waals surface area contributed by atoms with Crippen molar-refractivity contribution in [3.8, 4) is 10.6 Å². The molecule has 2 amide bonds. The van der Waals surface area contributed by atoms with E-state index in [0.29, 0.717) is 18.8 Å². The number of thiazole rings is 1. The Morgan fingerprint density at radius 3 is 2.46 bits per heavy atom. The van der Waals surface area contributed by atoms with Crippen LogP contribution in [0.3, 0.4) is 0 Å². The minimum Gasteiger partial charge on any atom is -0.322 e. The lowest BCUT2D eigenvalue weighted by Gasteiger charge is -2.34. The van der Waals surface area contributed by atoms with Gasteiger partial charge in [-0.05, 0) is 24.3 Å². The normalized spacial score (nSPS) is 14.8. The van der Waals surface area contributed by atoms with E-state index in [-0.39, 0.29) is 11.8 Å². The second-order valence-corrected chi connectivity index (χ2v) is 7.57. The first kappa shape index (κ1) is 18.6. The predicted octanol–water partition coefficient (Wildman–Crippen LogP) is 4.30. The smallest absolute Gasteiger partial charge is 0.321 e. The van der Waals surface area contributed by atoms with E-state index < -0.39 is 0 Å². The lowest BCUT2D eigenvalue weighted by atomic mass is 10.2. The minimum absolute atomic E-state index is 0.147. The van der Waals surface area contributed by atoms with Crippen molar-refractivity contribution in [1.82, 2.24) is 14.8 Å². The van der Waals surface area contributed by atoms with Crippen LogP contribution in [0.15, 0.2) is 60.0 Å². The van der Waals surface area contributed by atoms with Crippen LogP contribution in [0, 0.1) is 5.82 Å². The van der Waals surface area contributed by atoms with Gasteiger partial charge in [-0.2, -0.15) is 0 Å². The number of anilines is 1. The van der Waals surface area contributed by atoms with Gasteiger partial charge >= 0.3 is 6.03 Å². The molecule has 2 aromatic carbocycles. The van der Waals surface area contributed by atoms with E-state index in [4.69, 9.17) is 4.98 Å². The largest absolute Gasteiger partial charge is 0.322 e. The molecule has 0 unspecified atom stereocenters. The maximum absolute atomic E-state index is 13.0. The van der Waals surface area contributed by atoms with E-state index in [1.54, 1.807) is 28.4 Å². The number of aromatic nitrogens is 1. The van der Waals surface area contributed by atoms with Gasteiger partial charge in [-0.25, -0.2) is 14.2 Å². The summed E-state index contributed by atoms with van der Waals surface area (Å²) in [5.41, 5.74) is 2.80. The van der Waals surface area contributed by atoms with E-state index in [1.807, 2.05) is 18.2 Å². The number of piperazine rings is 1. The van der Waals surface area contributed by atoms with Crippen LogP contribution in [0.25, 0.3) is 10.6 Å². The Bertz CT molecular complexity index is 921. The Morgan fingerprint density at radius 1 is 1.04 bits per heavy atom. The van der Waals surface area contributed by atoms with Crippen LogP contribution < -0.4 is 5.32 Å². The summed E-state index contributed by atoms with van der Waals surface area (Å²) in [5.74, 6) is -0.316. The molecule has 1 N–H and O–H groups in total. The molecule has 1 aromatic heterocycles. The summed E-state index contributed by atoms with van der Waals surface area (Å²) in [4.78, 5) is 21.2. The molecule has 5 nitrogen and oxygen atoms in total.